The number of carbonyl (C=O) groups excluding carboxylic acids is 2. The van der Waals surface area contributed by atoms with Crippen molar-refractivity contribution in [1.82, 2.24) is 20.0 Å². The summed E-state index contributed by atoms with van der Waals surface area (Å²) in [6, 6.07) is 14.2. The van der Waals surface area contributed by atoms with Crippen molar-refractivity contribution in [2.75, 3.05) is 86.0 Å². The molecule has 2 aliphatic rings. The SMILES string of the molecule is CN1CCNCC1.COc1cccc(N=C=O)c1.COc1cccc(NC(=O)N2CCN(C)CC2)c1. The molecule has 4 rings (SSSR count). The molecule has 10 nitrogen and oxygen atoms in total. The summed E-state index contributed by atoms with van der Waals surface area (Å²) in [5, 5.41) is 6.16. The van der Waals surface area contributed by atoms with Crippen LogP contribution >= 0.6 is 0 Å². The summed E-state index contributed by atoms with van der Waals surface area (Å²) in [6.45, 7) is 8.13. The van der Waals surface area contributed by atoms with E-state index in [-0.39, 0.29) is 6.03 Å². The van der Waals surface area contributed by atoms with Crippen LogP contribution in [0, 0.1) is 0 Å². The van der Waals surface area contributed by atoms with Gasteiger partial charge in [0.05, 0.1) is 19.9 Å². The summed E-state index contributed by atoms with van der Waals surface area (Å²) in [5.74, 6) is 1.42. The van der Waals surface area contributed by atoms with E-state index >= 15 is 0 Å². The van der Waals surface area contributed by atoms with Crippen LogP contribution in [0.25, 0.3) is 0 Å². The van der Waals surface area contributed by atoms with E-state index < -0.39 is 0 Å². The predicted molar refractivity (Wildman–Crippen MR) is 142 cm³/mol. The van der Waals surface area contributed by atoms with Gasteiger partial charge in [0.1, 0.15) is 11.5 Å². The number of piperazine rings is 2. The number of amides is 2. The second kappa shape index (κ2) is 16.3. The van der Waals surface area contributed by atoms with Crippen LogP contribution in [-0.2, 0) is 4.79 Å². The number of rotatable bonds is 4. The van der Waals surface area contributed by atoms with Gasteiger partial charge < -0.3 is 34.8 Å². The van der Waals surface area contributed by atoms with Crippen LogP contribution in [0.15, 0.2) is 53.5 Å². The molecule has 2 aromatic rings. The van der Waals surface area contributed by atoms with E-state index in [1.54, 1.807) is 38.5 Å². The molecule has 0 atom stereocenters. The lowest BCUT2D eigenvalue weighted by molar-refractivity contribution is 0.164. The molecule has 2 amide bonds. The van der Waals surface area contributed by atoms with E-state index in [1.165, 1.54) is 19.2 Å². The molecular formula is C26H38N6O4. The number of hydrogen-bond acceptors (Lipinski definition) is 8. The van der Waals surface area contributed by atoms with E-state index in [2.05, 4.69) is 39.5 Å². The molecule has 36 heavy (non-hydrogen) atoms. The lowest BCUT2D eigenvalue weighted by Gasteiger charge is -2.32. The van der Waals surface area contributed by atoms with Crippen LogP contribution < -0.4 is 20.1 Å². The number of aliphatic imine (C=N–C) groups is 1. The number of methoxy groups -OCH3 is 2. The molecule has 0 bridgehead atoms. The van der Waals surface area contributed by atoms with Crippen molar-refractivity contribution in [2.24, 2.45) is 4.99 Å². The van der Waals surface area contributed by atoms with Gasteiger partial charge in [-0.2, -0.15) is 4.99 Å². The van der Waals surface area contributed by atoms with Gasteiger partial charge >= 0.3 is 6.03 Å². The van der Waals surface area contributed by atoms with Gasteiger partial charge in [0.15, 0.2) is 0 Å². The molecule has 0 radical (unpaired) electrons. The Morgan fingerprint density at radius 1 is 0.889 bits per heavy atom. The van der Waals surface area contributed by atoms with E-state index in [9.17, 15) is 9.59 Å². The third kappa shape index (κ3) is 10.9. The number of nitrogens with one attached hydrogen (secondary N) is 2. The number of hydrogen-bond donors (Lipinski definition) is 2. The predicted octanol–water partition coefficient (Wildman–Crippen LogP) is 2.66. The minimum absolute atomic E-state index is 0.0450. The third-order valence-electron chi connectivity index (χ3n) is 5.68. The van der Waals surface area contributed by atoms with Gasteiger partial charge in [-0.3, -0.25) is 0 Å². The Morgan fingerprint density at radius 3 is 2.03 bits per heavy atom. The quantitative estimate of drug-likeness (QED) is 0.494. The zero-order valence-electron chi connectivity index (χ0n) is 21.7. The minimum atomic E-state index is -0.0450. The Balaban J connectivity index is 0.000000214. The highest BCUT2D eigenvalue weighted by atomic mass is 16.5. The number of anilines is 1. The monoisotopic (exact) mass is 498 g/mol. The smallest absolute Gasteiger partial charge is 0.321 e. The molecular weight excluding hydrogens is 460 g/mol. The summed E-state index contributed by atoms with van der Waals surface area (Å²) in [5.41, 5.74) is 1.32. The summed E-state index contributed by atoms with van der Waals surface area (Å²) >= 11 is 0. The lowest BCUT2D eigenvalue weighted by Crippen LogP contribution is -2.48. The number of urea groups is 1. The Hall–Kier alpha value is -3.43. The first-order chi connectivity index (χ1) is 17.4. The molecule has 0 aliphatic carbocycles. The molecule has 2 heterocycles. The number of nitrogens with zero attached hydrogens (tertiary/aromatic N) is 4. The Morgan fingerprint density at radius 2 is 1.47 bits per heavy atom. The highest BCUT2D eigenvalue weighted by Gasteiger charge is 2.18. The minimum Gasteiger partial charge on any atom is -0.497 e. The van der Waals surface area contributed by atoms with Crippen LogP contribution in [0.2, 0.25) is 0 Å². The van der Waals surface area contributed by atoms with Crippen molar-refractivity contribution >= 4 is 23.5 Å². The summed E-state index contributed by atoms with van der Waals surface area (Å²) < 4.78 is 10.0. The highest BCUT2D eigenvalue weighted by molar-refractivity contribution is 5.89. The maximum atomic E-state index is 12.0. The van der Waals surface area contributed by atoms with Crippen molar-refractivity contribution < 1.29 is 19.1 Å². The molecule has 10 heteroatoms. The topological polar surface area (TPSA) is 98.7 Å². The van der Waals surface area contributed by atoms with Crippen molar-refractivity contribution in [3.63, 3.8) is 0 Å². The first-order valence-corrected chi connectivity index (χ1v) is 11.9. The first kappa shape index (κ1) is 28.8. The summed E-state index contributed by atoms with van der Waals surface area (Å²) in [7, 11) is 7.39. The number of carbonyl (C=O) groups is 1. The van der Waals surface area contributed by atoms with Crippen LogP contribution in [0.5, 0.6) is 11.5 Å². The van der Waals surface area contributed by atoms with Gasteiger partial charge in [0.25, 0.3) is 0 Å². The second-order valence-corrected chi connectivity index (χ2v) is 8.41. The van der Waals surface area contributed by atoms with Gasteiger partial charge in [-0.05, 0) is 38.4 Å². The van der Waals surface area contributed by atoms with E-state index in [1.807, 2.05) is 29.2 Å². The molecule has 196 valence electrons. The van der Waals surface area contributed by atoms with Gasteiger partial charge in [-0.1, -0.05) is 12.1 Å². The van der Waals surface area contributed by atoms with Crippen molar-refractivity contribution in [1.29, 1.82) is 0 Å². The Bertz CT molecular complexity index is 968. The number of likely N-dealkylation sites (N-methyl/N-ethyl adjacent to an activating group) is 2. The third-order valence-corrected chi connectivity index (χ3v) is 5.68. The lowest BCUT2D eigenvalue weighted by atomic mass is 10.3. The molecule has 0 spiro atoms. The van der Waals surface area contributed by atoms with Crippen LogP contribution in [-0.4, -0.2) is 107 Å². The molecule has 2 aliphatic heterocycles. The van der Waals surface area contributed by atoms with E-state index in [4.69, 9.17) is 9.47 Å². The molecule has 0 saturated carbocycles. The van der Waals surface area contributed by atoms with Gasteiger partial charge in [0, 0.05) is 70.2 Å². The normalized spacial score (nSPS) is 15.7. The summed E-state index contributed by atoms with van der Waals surface area (Å²) in [6.07, 6.45) is 1.45. The highest BCUT2D eigenvalue weighted by Crippen LogP contribution is 2.18. The zero-order chi connectivity index (χ0) is 26.2. The zero-order valence-corrected chi connectivity index (χ0v) is 21.7. The van der Waals surface area contributed by atoms with Crippen molar-refractivity contribution in [3.05, 3.63) is 48.5 Å². The molecule has 2 fully saturated rings. The van der Waals surface area contributed by atoms with Crippen molar-refractivity contribution in [3.8, 4) is 11.5 Å². The fourth-order valence-electron chi connectivity index (χ4n) is 3.42. The molecule has 2 N–H and O–H groups in total. The molecule has 0 unspecified atom stereocenters. The number of benzene rings is 2. The largest absolute Gasteiger partial charge is 0.497 e. The average Bonchev–Trinajstić information content (AvgIpc) is 2.91. The van der Waals surface area contributed by atoms with Crippen LogP contribution in [0.3, 0.4) is 0 Å². The van der Waals surface area contributed by atoms with Crippen molar-refractivity contribution in [2.45, 2.75) is 0 Å². The van der Waals surface area contributed by atoms with Gasteiger partial charge in [-0.25, -0.2) is 9.59 Å². The molecule has 2 saturated heterocycles. The Labute approximate surface area is 213 Å². The number of isocyanates is 1. The second-order valence-electron chi connectivity index (χ2n) is 8.41. The first-order valence-electron chi connectivity index (χ1n) is 11.9. The Kier molecular flexibility index (Phi) is 13.0. The maximum Gasteiger partial charge on any atom is 0.321 e. The van der Waals surface area contributed by atoms with Gasteiger partial charge in [0.2, 0.25) is 6.08 Å². The number of ether oxygens (including phenoxy) is 2. The molecule has 0 aromatic heterocycles. The maximum absolute atomic E-state index is 12.0. The fraction of sp³-hybridized carbons (Fsp3) is 0.462. The van der Waals surface area contributed by atoms with Crippen LogP contribution in [0.1, 0.15) is 0 Å². The standard InChI is InChI=1S/C13H19N3O2.C8H7NO2.C5H12N2/c1-15-6-8-16(9-7-15)13(17)14-11-4-3-5-12(10-11)18-2;1-11-8-4-2-3-7(5-8)9-6-10;1-7-4-2-6-3-5-7/h3-5,10H,6-9H2,1-2H3,(H,14,17);2-5H,1H3;6H,2-5H2,1H3. The fourth-order valence-corrected chi connectivity index (χ4v) is 3.42. The van der Waals surface area contributed by atoms with E-state index in [0.29, 0.717) is 11.4 Å². The van der Waals surface area contributed by atoms with E-state index in [0.717, 1.165) is 50.7 Å². The van der Waals surface area contributed by atoms with Gasteiger partial charge in [-0.15, -0.1) is 0 Å². The van der Waals surface area contributed by atoms with Crippen LogP contribution in [0.4, 0.5) is 16.2 Å². The summed E-state index contributed by atoms with van der Waals surface area (Å²) in [4.78, 5) is 31.7. The average molecular weight is 499 g/mol. The molecule has 2 aromatic carbocycles.